The van der Waals surface area contributed by atoms with Gasteiger partial charge in [-0.25, -0.2) is 0 Å². The molecule has 0 aliphatic carbocycles. The van der Waals surface area contributed by atoms with Gasteiger partial charge >= 0.3 is 0 Å². The summed E-state index contributed by atoms with van der Waals surface area (Å²) in [5, 5.41) is 10.7. The van der Waals surface area contributed by atoms with Crippen molar-refractivity contribution < 1.29 is 9.32 Å². The zero-order valence-electron chi connectivity index (χ0n) is 6.22. The van der Waals surface area contributed by atoms with Crippen LogP contribution < -0.4 is 5.73 Å². The molecular weight excluding hydrogens is 226 g/mol. The number of aromatic nitrogens is 1. The van der Waals surface area contributed by atoms with E-state index in [4.69, 9.17) is 15.7 Å². The molecule has 0 bridgehead atoms. The van der Waals surface area contributed by atoms with Gasteiger partial charge in [0, 0.05) is 0 Å². The van der Waals surface area contributed by atoms with E-state index >= 15 is 0 Å². The highest BCUT2D eigenvalue weighted by Gasteiger charge is 2.19. The zero-order chi connectivity index (χ0) is 9.30. The Labute approximate surface area is 76.5 Å². The van der Waals surface area contributed by atoms with Crippen molar-refractivity contribution in [1.82, 2.24) is 5.16 Å². The van der Waals surface area contributed by atoms with Crippen molar-refractivity contribution in [2.24, 2.45) is 5.73 Å². The summed E-state index contributed by atoms with van der Waals surface area (Å²) in [5.74, 6) is -0.576. The van der Waals surface area contributed by atoms with Gasteiger partial charge in [0.1, 0.15) is 10.2 Å². The summed E-state index contributed by atoms with van der Waals surface area (Å²) in [6.45, 7) is 1.59. The lowest BCUT2D eigenvalue weighted by Gasteiger charge is -1.92. The molecule has 64 valence electrons. The first-order valence-electron chi connectivity index (χ1n) is 3.04. The summed E-state index contributed by atoms with van der Waals surface area (Å²) in [5.41, 5.74) is 5.58. The summed E-state index contributed by atoms with van der Waals surface area (Å²) in [4.78, 5) is 10.8. The van der Waals surface area contributed by atoms with Crippen LogP contribution in [0.1, 0.15) is 21.8 Å². The molecule has 0 spiro atoms. The highest BCUT2D eigenvalue weighted by molar-refractivity contribution is 9.18. The average molecular weight is 232 g/mol. The summed E-state index contributed by atoms with van der Waals surface area (Å²) in [7, 11) is 0. The van der Waals surface area contributed by atoms with Crippen LogP contribution in [0.15, 0.2) is 4.52 Å². The number of nitrogens with one attached hydrogen (secondary N) is 1. The van der Waals surface area contributed by atoms with Crippen molar-refractivity contribution in [3.63, 3.8) is 0 Å². The van der Waals surface area contributed by atoms with Gasteiger partial charge in [0.2, 0.25) is 5.76 Å². The average Bonchev–Trinajstić information content (AvgIpc) is 2.30. The van der Waals surface area contributed by atoms with E-state index in [9.17, 15) is 4.79 Å². The van der Waals surface area contributed by atoms with E-state index in [1.54, 1.807) is 6.92 Å². The van der Waals surface area contributed by atoms with E-state index in [1.807, 2.05) is 0 Å². The highest BCUT2D eigenvalue weighted by Crippen LogP contribution is 2.15. The van der Waals surface area contributed by atoms with E-state index in [2.05, 4.69) is 21.1 Å². The minimum atomic E-state index is -0.645. The van der Waals surface area contributed by atoms with Crippen LogP contribution in [0.4, 0.5) is 0 Å². The molecule has 0 saturated carbocycles. The molecule has 6 heteroatoms. The van der Waals surface area contributed by atoms with E-state index in [0.29, 0.717) is 5.69 Å². The maximum atomic E-state index is 10.8. The Balaban J connectivity index is 3.31. The molecule has 3 N–H and O–H groups in total. The second-order valence-corrected chi connectivity index (χ2v) is 2.94. The molecule has 1 rings (SSSR count). The van der Waals surface area contributed by atoms with Crippen molar-refractivity contribution in [2.45, 2.75) is 6.92 Å². The Morgan fingerprint density at radius 1 is 1.75 bits per heavy atom. The van der Waals surface area contributed by atoms with Crippen LogP contribution in [0, 0.1) is 12.3 Å². The molecule has 0 aliphatic heterocycles. The standard InChI is InChI=1S/C6H6BrN3O2/c1-2-3(6(9)11)4(5(7)8)12-10-2/h8H,1H3,(H2,9,11). The number of hydrogen-bond acceptors (Lipinski definition) is 4. The fourth-order valence-electron chi connectivity index (χ4n) is 0.810. The minimum absolute atomic E-state index is 0.0445. The predicted octanol–water partition coefficient (Wildman–Crippen LogP) is 0.802. The zero-order valence-corrected chi connectivity index (χ0v) is 7.81. The Morgan fingerprint density at radius 3 is 2.67 bits per heavy atom. The van der Waals surface area contributed by atoms with Crippen LogP contribution in [-0.4, -0.2) is 15.7 Å². The fourth-order valence-corrected chi connectivity index (χ4v) is 1.08. The number of nitrogens with zero attached hydrogens (tertiary/aromatic N) is 1. The Bertz CT molecular complexity index is 345. The SMILES string of the molecule is Cc1noc(C(=N)Br)c1C(N)=O. The molecule has 1 heterocycles. The van der Waals surface area contributed by atoms with Crippen molar-refractivity contribution in [3.8, 4) is 0 Å². The number of rotatable bonds is 2. The highest BCUT2D eigenvalue weighted by atomic mass is 79.9. The fraction of sp³-hybridized carbons (Fsp3) is 0.167. The topological polar surface area (TPSA) is 93.0 Å². The molecule has 1 aromatic heterocycles. The molecule has 0 aliphatic rings. The van der Waals surface area contributed by atoms with Gasteiger partial charge in [0.25, 0.3) is 5.91 Å². The molecule has 0 fully saturated rings. The van der Waals surface area contributed by atoms with Crippen molar-refractivity contribution in [1.29, 1.82) is 5.41 Å². The maximum Gasteiger partial charge on any atom is 0.254 e. The number of nitrogens with two attached hydrogens (primary N) is 1. The van der Waals surface area contributed by atoms with Crippen LogP contribution in [0.5, 0.6) is 0 Å². The Kier molecular flexibility index (Phi) is 2.27. The van der Waals surface area contributed by atoms with E-state index in [-0.39, 0.29) is 15.9 Å². The lowest BCUT2D eigenvalue weighted by Crippen LogP contribution is -2.14. The molecule has 1 aromatic rings. The summed E-state index contributed by atoms with van der Waals surface area (Å²) in [6, 6.07) is 0. The van der Waals surface area contributed by atoms with Crippen LogP contribution in [0.25, 0.3) is 0 Å². The molecular formula is C6H6BrN3O2. The molecule has 0 saturated heterocycles. The molecule has 5 nitrogen and oxygen atoms in total. The number of halogens is 1. The van der Waals surface area contributed by atoms with Crippen molar-refractivity contribution in [3.05, 3.63) is 17.0 Å². The van der Waals surface area contributed by atoms with Crippen LogP contribution in [-0.2, 0) is 0 Å². The van der Waals surface area contributed by atoms with Crippen LogP contribution >= 0.6 is 15.9 Å². The quantitative estimate of drug-likeness (QED) is 0.738. The van der Waals surface area contributed by atoms with Gasteiger partial charge in [-0.05, 0) is 22.9 Å². The van der Waals surface area contributed by atoms with Gasteiger partial charge in [0.05, 0.1) is 5.69 Å². The van der Waals surface area contributed by atoms with E-state index in [0.717, 1.165) is 0 Å². The first kappa shape index (κ1) is 8.92. The Hall–Kier alpha value is -1.17. The molecule has 0 radical (unpaired) electrons. The lowest BCUT2D eigenvalue weighted by atomic mass is 10.2. The summed E-state index contributed by atoms with van der Waals surface area (Å²) >= 11 is 2.86. The van der Waals surface area contributed by atoms with Crippen molar-refractivity contribution >= 4 is 26.5 Å². The molecule has 1 amide bonds. The second-order valence-electron chi connectivity index (χ2n) is 2.15. The van der Waals surface area contributed by atoms with Gasteiger partial charge in [0.15, 0.2) is 0 Å². The monoisotopic (exact) mass is 231 g/mol. The normalized spacial score (nSPS) is 9.83. The molecule has 0 atom stereocenters. The first-order chi connectivity index (χ1) is 5.54. The number of primary amides is 1. The molecule has 0 unspecified atom stereocenters. The van der Waals surface area contributed by atoms with Gasteiger partial charge in [-0.15, -0.1) is 0 Å². The van der Waals surface area contributed by atoms with Gasteiger partial charge in [-0.3, -0.25) is 10.2 Å². The van der Waals surface area contributed by atoms with Gasteiger partial charge in [-0.2, -0.15) is 0 Å². The minimum Gasteiger partial charge on any atom is -0.365 e. The third kappa shape index (κ3) is 1.38. The molecule has 12 heavy (non-hydrogen) atoms. The number of amides is 1. The third-order valence-electron chi connectivity index (χ3n) is 1.31. The number of carbonyl (C=O) groups excluding carboxylic acids is 1. The van der Waals surface area contributed by atoms with Crippen LogP contribution in [0.2, 0.25) is 0 Å². The lowest BCUT2D eigenvalue weighted by molar-refractivity contribution is 0.0999. The van der Waals surface area contributed by atoms with Crippen molar-refractivity contribution in [2.75, 3.05) is 0 Å². The smallest absolute Gasteiger partial charge is 0.254 e. The maximum absolute atomic E-state index is 10.8. The number of aryl methyl sites for hydroxylation is 1. The second kappa shape index (κ2) is 3.06. The summed E-state index contributed by atoms with van der Waals surface area (Å²) in [6.07, 6.45) is 0. The van der Waals surface area contributed by atoms with Gasteiger partial charge in [-0.1, -0.05) is 5.16 Å². The van der Waals surface area contributed by atoms with Gasteiger partial charge < -0.3 is 10.3 Å². The van der Waals surface area contributed by atoms with E-state index < -0.39 is 5.91 Å². The van der Waals surface area contributed by atoms with E-state index in [1.165, 1.54) is 0 Å². The predicted molar refractivity (Wildman–Crippen MR) is 45.5 cm³/mol. The largest absolute Gasteiger partial charge is 0.365 e. The number of carbonyl (C=O) groups is 1. The Morgan fingerprint density at radius 2 is 2.33 bits per heavy atom. The first-order valence-corrected chi connectivity index (χ1v) is 3.84. The third-order valence-corrected chi connectivity index (χ3v) is 1.67. The van der Waals surface area contributed by atoms with Crippen LogP contribution in [0.3, 0.4) is 0 Å². The summed E-state index contributed by atoms with van der Waals surface area (Å²) < 4.78 is 4.65. The molecule has 0 aromatic carbocycles. The number of hydrogen-bond donors (Lipinski definition) is 2.